The number of hydrogen-bond acceptors (Lipinski definition) is 4. The average Bonchev–Trinajstić information content (AvgIpc) is 3.38. The van der Waals surface area contributed by atoms with E-state index in [-0.39, 0.29) is 11.8 Å². The van der Waals surface area contributed by atoms with Gasteiger partial charge in [0, 0.05) is 50.7 Å². The molecule has 4 rings (SSSR count). The minimum atomic E-state index is -4.33. The first-order chi connectivity index (χ1) is 16.3. The molecule has 0 aromatic heterocycles. The molecule has 9 heteroatoms. The van der Waals surface area contributed by atoms with Crippen molar-refractivity contribution in [3.05, 3.63) is 65.2 Å². The topological polar surface area (TPSA) is 43.9 Å². The first-order valence-corrected chi connectivity index (χ1v) is 12.5. The van der Waals surface area contributed by atoms with Gasteiger partial charge in [0.1, 0.15) is 0 Å². The molecule has 0 unspecified atom stereocenters. The number of likely N-dealkylation sites (tertiary alicyclic amines) is 1. The summed E-state index contributed by atoms with van der Waals surface area (Å²) >= 11 is 1.41. The maximum absolute atomic E-state index is 13.2. The van der Waals surface area contributed by atoms with E-state index < -0.39 is 11.7 Å². The second-order valence-electron chi connectivity index (χ2n) is 8.64. The second-order valence-corrected chi connectivity index (χ2v) is 9.65. The molecule has 2 aliphatic rings. The Morgan fingerprint density at radius 1 is 0.824 bits per heavy atom. The molecule has 0 N–H and O–H groups in total. The number of rotatable bonds is 6. The van der Waals surface area contributed by atoms with Gasteiger partial charge in [-0.2, -0.15) is 13.2 Å². The van der Waals surface area contributed by atoms with E-state index in [1.165, 1.54) is 23.9 Å². The van der Waals surface area contributed by atoms with Crippen LogP contribution < -0.4 is 0 Å². The van der Waals surface area contributed by atoms with Gasteiger partial charge in [0.2, 0.25) is 5.91 Å². The number of piperazine rings is 1. The van der Waals surface area contributed by atoms with Gasteiger partial charge in [-0.15, -0.1) is 11.8 Å². The third kappa shape index (κ3) is 6.13. The zero-order valence-corrected chi connectivity index (χ0v) is 19.7. The van der Waals surface area contributed by atoms with Gasteiger partial charge in [0.05, 0.1) is 16.9 Å². The molecule has 2 fully saturated rings. The number of alkyl halides is 3. The number of halogens is 3. The van der Waals surface area contributed by atoms with Crippen molar-refractivity contribution in [1.82, 2.24) is 14.7 Å². The molecule has 0 spiro atoms. The quantitative estimate of drug-likeness (QED) is 0.563. The van der Waals surface area contributed by atoms with Crippen molar-refractivity contribution in [2.24, 2.45) is 0 Å². The SMILES string of the molecule is O=C(CSc1ccccc1C(=O)N1CCN(Cc2ccc(C(F)(F)F)cc2)CC1)N1CCCC1. The number of carbonyl (C=O) groups is 2. The van der Waals surface area contributed by atoms with Gasteiger partial charge in [-0.3, -0.25) is 14.5 Å². The number of hydrogen-bond donors (Lipinski definition) is 0. The van der Waals surface area contributed by atoms with Crippen molar-refractivity contribution in [2.45, 2.75) is 30.5 Å². The summed E-state index contributed by atoms with van der Waals surface area (Å²) < 4.78 is 38.3. The van der Waals surface area contributed by atoms with E-state index in [0.29, 0.717) is 44.0 Å². The Morgan fingerprint density at radius 3 is 2.12 bits per heavy atom. The van der Waals surface area contributed by atoms with Gasteiger partial charge in [-0.25, -0.2) is 0 Å². The Balaban J connectivity index is 1.30. The van der Waals surface area contributed by atoms with Gasteiger partial charge in [-0.1, -0.05) is 24.3 Å². The molecule has 0 aliphatic carbocycles. The number of thioether (sulfide) groups is 1. The van der Waals surface area contributed by atoms with Crippen LogP contribution in [-0.4, -0.2) is 71.5 Å². The van der Waals surface area contributed by atoms with Crippen LogP contribution in [-0.2, 0) is 17.5 Å². The van der Waals surface area contributed by atoms with Crippen molar-refractivity contribution in [3.8, 4) is 0 Å². The van der Waals surface area contributed by atoms with Crippen LogP contribution in [0, 0.1) is 0 Å². The first-order valence-electron chi connectivity index (χ1n) is 11.5. The predicted octanol–water partition coefficient (Wildman–Crippen LogP) is 4.38. The van der Waals surface area contributed by atoms with Crippen molar-refractivity contribution in [3.63, 3.8) is 0 Å². The molecule has 0 atom stereocenters. The normalized spacial score (nSPS) is 17.3. The molecule has 34 heavy (non-hydrogen) atoms. The van der Waals surface area contributed by atoms with E-state index in [4.69, 9.17) is 0 Å². The number of carbonyl (C=O) groups excluding carboxylic acids is 2. The fourth-order valence-corrected chi connectivity index (χ4v) is 5.25. The van der Waals surface area contributed by atoms with Crippen LogP contribution in [0.25, 0.3) is 0 Å². The van der Waals surface area contributed by atoms with Gasteiger partial charge in [0.25, 0.3) is 5.91 Å². The van der Waals surface area contributed by atoms with Crippen LogP contribution in [0.15, 0.2) is 53.4 Å². The smallest absolute Gasteiger partial charge is 0.342 e. The Bertz CT molecular complexity index is 999. The summed E-state index contributed by atoms with van der Waals surface area (Å²) in [5, 5.41) is 0. The van der Waals surface area contributed by atoms with Crippen molar-refractivity contribution in [2.75, 3.05) is 45.0 Å². The van der Waals surface area contributed by atoms with Crippen LogP contribution in [0.4, 0.5) is 13.2 Å². The summed E-state index contributed by atoms with van der Waals surface area (Å²) in [6.45, 7) is 4.57. The highest BCUT2D eigenvalue weighted by Gasteiger charge is 2.30. The van der Waals surface area contributed by atoms with E-state index in [1.807, 2.05) is 28.0 Å². The Labute approximate surface area is 201 Å². The minimum absolute atomic E-state index is 0.0501. The third-order valence-electron chi connectivity index (χ3n) is 6.27. The van der Waals surface area contributed by atoms with E-state index in [0.717, 1.165) is 48.5 Å². The summed E-state index contributed by atoms with van der Waals surface area (Å²) in [4.78, 5) is 32.3. The highest BCUT2D eigenvalue weighted by atomic mass is 32.2. The van der Waals surface area contributed by atoms with Gasteiger partial charge < -0.3 is 9.80 Å². The lowest BCUT2D eigenvalue weighted by atomic mass is 10.1. The van der Waals surface area contributed by atoms with Crippen molar-refractivity contribution in [1.29, 1.82) is 0 Å². The van der Waals surface area contributed by atoms with Crippen molar-refractivity contribution < 1.29 is 22.8 Å². The molecule has 2 amide bonds. The molecular formula is C25H28F3N3O2S. The maximum Gasteiger partial charge on any atom is 0.416 e. The minimum Gasteiger partial charge on any atom is -0.342 e. The van der Waals surface area contributed by atoms with Crippen LogP contribution in [0.3, 0.4) is 0 Å². The van der Waals surface area contributed by atoms with Crippen LogP contribution >= 0.6 is 11.8 Å². The van der Waals surface area contributed by atoms with Crippen LogP contribution in [0.5, 0.6) is 0 Å². The Hall–Kier alpha value is -2.52. The van der Waals surface area contributed by atoms with Gasteiger partial charge >= 0.3 is 6.18 Å². The van der Waals surface area contributed by atoms with E-state index in [1.54, 1.807) is 6.07 Å². The zero-order chi connectivity index (χ0) is 24.1. The summed E-state index contributed by atoms with van der Waals surface area (Å²) in [5.74, 6) is 0.387. The summed E-state index contributed by atoms with van der Waals surface area (Å²) in [7, 11) is 0. The van der Waals surface area contributed by atoms with Gasteiger partial charge in [0.15, 0.2) is 0 Å². The summed E-state index contributed by atoms with van der Waals surface area (Å²) in [6.07, 6.45) is -2.23. The standard InChI is InChI=1S/C25H28F3N3O2S/c26-25(27,28)20-9-7-19(8-10-20)17-29-13-15-31(16-14-29)24(33)21-5-1-2-6-22(21)34-18-23(32)30-11-3-4-12-30/h1-2,5-10H,3-4,11-18H2. The fraction of sp³-hybridized carbons (Fsp3) is 0.440. The van der Waals surface area contributed by atoms with Crippen LogP contribution in [0.2, 0.25) is 0 Å². The van der Waals surface area contributed by atoms with Crippen LogP contribution in [0.1, 0.15) is 34.3 Å². The Kier molecular flexibility index (Phi) is 7.83. The number of nitrogens with zero attached hydrogens (tertiary/aromatic N) is 3. The first kappa shape index (κ1) is 24.6. The maximum atomic E-state index is 13.2. The molecule has 0 radical (unpaired) electrons. The molecular weight excluding hydrogens is 463 g/mol. The monoisotopic (exact) mass is 491 g/mol. The Morgan fingerprint density at radius 2 is 1.47 bits per heavy atom. The number of benzene rings is 2. The summed E-state index contributed by atoms with van der Waals surface area (Å²) in [5.41, 5.74) is 0.778. The highest BCUT2D eigenvalue weighted by Crippen LogP contribution is 2.29. The molecule has 2 saturated heterocycles. The number of amides is 2. The van der Waals surface area contributed by atoms with Gasteiger partial charge in [-0.05, 0) is 42.7 Å². The molecule has 5 nitrogen and oxygen atoms in total. The second kappa shape index (κ2) is 10.8. The van der Waals surface area contributed by atoms with E-state index in [9.17, 15) is 22.8 Å². The summed E-state index contributed by atoms with van der Waals surface area (Å²) in [6, 6.07) is 12.6. The molecule has 2 heterocycles. The average molecular weight is 492 g/mol. The predicted molar refractivity (Wildman–Crippen MR) is 126 cm³/mol. The molecule has 2 aromatic carbocycles. The highest BCUT2D eigenvalue weighted by molar-refractivity contribution is 8.00. The fourth-order valence-electron chi connectivity index (χ4n) is 4.30. The van der Waals surface area contributed by atoms with E-state index >= 15 is 0 Å². The molecule has 2 aliphatic heterocycles. The molecule has 182 valence electrons. The largest absolute Gasteiger partial charge is 0.416 e. The third-order valence-corrected chi connectivity index (χ3v) is 7.33. The lowest BCUT2D eigenvalue weighted by Gasteiger charge is -2.35. The molecule has 0 saturated carbocycles. The van der Waals surface area contributed by atoms with Crippen molar-refractivity contribution >= 4 is 23.6 Å². The molecule has 0 bridgehead atoms. The zero-order valence-electron chi connectivity index (χ0n) is 18.9. The van der Waals surface area contributed by atoms with E-state index in [2.05, 4.69) is 4.90 Å². The lowest BCUT2D eigenvalue weighted by molar-refractivity contribution is -0.137. The lowest BCUT2D eigenvalue weighted by Crippen LogP contribution is -2.48. The molecule has 2 aromatic rings.